The molecule has 3 aromatic rings. The molecular weight excluding hydrogens is 414 g/mol. The molecule has 2 amide bonds. The molecule has 0 fully saturated rings. The Balaban J connectivity index is 1.81. The van der Waals surface area contributed by atoms with Crippen molar-refractivity contribution < 1.29 is 14.3 Å². The molecule has 4 rings (SSSR count). The van der Waals surface area contributed by atoms with Gasteiger partial charge in [-0.2, -0.15) is 5.26 Å². The first-order chi connectivity index (χ1) is 16.1. The highest BCUT2D eigenvalue weighted by molar-refractivity contribution is 6.45. The molecule has 0 bridgehead atoms. The number of hydrogen-bond donors (Lipinski definition) is 0. The maximum absolute atomic E-state index is 13.7. The normalized spacial score (nSPS) is 13.3. The number of imide groups is 1. The lowest BCUT2D eigenvalue weighted by molar-refractivity contribution is -0.120. The Bertz CT molecular complexity index is 1240. The fraction of sp³-hybridized carbons (Fsp3) is 0.148. The number of ether oxygens (including phenoxy) is 1. The van der Waals surface area contributed by atoms with Crippen molar-refractivity contribution in [2.75, 3.05) is 18.6 Å². The molecule has 0 saturated heterocycles. The van der Waals surface area contributed by atoms with Crippen molar-refractivity contribution in [2.45, 2.75) is 13.5 Å². The predicted molar refractivity (Wildman–Crippen MR) is 126 cm³/mol. The Labute approximate surface area is 192 Å². The second kappa shape index (κ2) is 9.41. The van der Waals surface area contributed by atoms with E-state index in [0.29, 0.717) is 46.9 Å². The maximum Gasteiger partial charge on any atom is 0.282 e. The average molecular weight is 437 g/mol. The standard InChI is InChI=1S/C27H23N3O3/c1-3-29(18-20-7-5-4-6-8-20)25-24(21-11-15-23(33-2)16-12-21)26(31)30(27(25)32)22-13-9-19(17-28)10-14-22/h4-16H,3,18H2,1-2H3. The van der Waals surface area contributed by atoms with Crippen LogP contribution in [-0.4, -0.2) is 30.4 Å². The van der Waals surface area contributed by atoms with Crippen LogP contribution in [0.3, 0.4) is 0 Å². The fourth-order valence-electron chi connectivity index (χ4n) is 3.90. The van der Waals surface area contributed by atoms with E-state index in [1.165, 1.54) is 4.90 Å². The van der Waals surface area contributed by atoms with Gasteiger partial charge in [-0.25, -0.2) is 4.90 Å². The molecule has 0 spiro atoms. The summed E-state index contributed by atoms with van der Waals surface area (Å²) in [5.41, 5.74) is 3.29. The molecule has 0 saturated carbocycles. The van der Waals surface area contributed by atoms with Crippen LogP contribution in [-0.2, 0) is 16.1 Å². The van der Waals surface area contributed by atoms with Gasteiger partial charge in [0.1, 0.15) is 11.4 Å². The predicted octanol–water partition coefficient (Wildman–Crippen LogP) is 4.37. The first-order valence-corrected chi connectivity index (χ1v) is 10.6. The first-order valence-electron chi connectivity index (χ1n) is 10.6. The summed E-state index contributed by atoms with van der Waals surface area (Å²) in [6.45, 7) is 3.00. The van der Waals surface area contributed by atoms with E-state index in [1.807, 2.05) is 42.2 Å². The van der Waals surface area contributed by atoms with Gasteiger partial charge in [0.2, 0.25) is 0 Å². The van der Waals surface area contributed by atoms with E-state index in [0.717, 1.165) is 5.56 Å². The molecule has 0 radical (unpaired) electrons. The topological polar surface area (TPSA) is 73.6 Å². The number of carbonyl (C=O) groups excluding carboxylic acids is 2. The number of rotatable bonds is 7. The third kappa shape index (κ3) is 4.21. The summed E-state index contributed by atoms with van der Waals surface area (Å²) in [6.07, 6.45) is 0. The highest BCUT2D eigenvalue weighted by Gasteiger charge is 2.42. The van der Waals surface area contributed by atoms with E-state index in [2.05, 4.69) is 6.07 Å². The van der Waals surface area contributed by atoms with Gasteiger partial charge in [0.15, 0.2) is 0 Å². The summed E-state index contributed by atoms with van der Waals surface area (Å²) in [4.78, 5) is 30.4. The molecule has 0 aromatic heterocycles. The second-order valence-corrected chi connectivity index (χ2v) is 7.56. The van der Waals surface area contributed by atoms with Gasteiger partial charge in [0.05, 0.1) is 30.0 Å². The van der Waals surface area contributed by atoms with E-state index in [-0.39, 0.29) is 5.91 Å². The Morgan fingerprint density at radius 1 is 0.909 bits per heavy atom. The van der Waals surface area contributed by atoms with E-state index in [1.54, 1.807) is 55.6 Å². The quantitative estimate of drug-likeness (QED) is 0.513. The molecule has 3 aromatic carbocycles. The van der Waals surface area contributed by atoms with Crippen molar-refractivity contribution in [1.29, 1.82) is 5.26 Å². The molecule has 0 atom stereocenters. The third-order valence-corrected chi connectivity index (χ3v) is 5.61. The molecule has 33 heavy (non-hydrogen) atoms. The second-order valence-electron chi connectivity index (χ2n) is 7.56. The van der Waals surface area contributed by atoms with Crippen LogP contribution in [0.2, 0.25) is 0 Å². The van der Waals surface area contributed by atoms with Crippen LogP contribution in [0.15, 0.2) is 84.6 Å². The van der Waals surface area contributed by atoms with Gasteiger partial charge in [-0.3, -0.25) is 9.59 Å². The zero-order valence-corrected chi connectivity index (χ0v) is 18.5. The Kier molecular flexibility index (Phi) is 6.23. The van der Waals surface area contributed by atoms with Gasteiger partial charge in [-0.05, 0) is 54.4 Å². The molecule has 6 nitrogen and oxygen atoms in total. The Morgan fingerprint density at radius 3 is 2.15 bits per heavy atom. The van der Waals surface area contributed by atoms with E-state index < -0.39 is 5.91 Å². The Hall–Kier alpha value is -4.37. The Morgan fingerprint density at radius 2 is 1.58 bits per heavy atom. The number of amides is 2. The average Bonchev–Trinajstić information content (AvgIpc) is 3.13. The van der Waals surface area contributed by atoms with Gasteiger partial charge in [0.25, 0.3) is 11.8 Å². The first kappa shape index (κ1) is 21.8. The molecule has 6 heteroatoms. The maximum atomic E-state index is 13.7. The van der Waals surface area contributed by atoms with Crippen molar-refractivity contribution in [2.24, 2.45) is 0 Å². The van der Waals surface area contributed by atoms with Crippen LogP contribution in [0.4, 0.5) is 5.69 Å². The fourth-order valence-corrected chi connectivity index (χ4v) is 3.90. The smallest absolute Gasteiger partial charge is 0.282 e. The largest absolute Gasteiger partial charge is 0.497 e. The summed E-state index contributed by atoms with van der Waals surface area (Å²) < 4.78 is 5.25. The number of anilines is 1. The number of carbonyl (C=O) groups is 2. The van der Waals surface area contributed by atoms with Gasteiger partial charge in [0, 0.05) is 13.1 Å². The number of hydrogen-bond acceptors (Lipinski definition) is 5. The molecule has 1 aliphatic heterocycles. The highest BCUT2D eigenvalue weighted by atomic mass is 16.5. The van der Waals surface area contributed by atoms with Crippen LogP contribution in [0, 0.1) is 11.3 Å². The lowest BCUT2D eigenvalue weighted by Crippen LogP contribution is -2.35. The zero-order valence-electron chi connectivity index (χ0n) is 18.5. The minimum Gasteiger partial charge on any atom is -0.497 e. The number of nitrogens with zero attached hydrogens (tertiary/aromatic N) is 3. The van der Waals surface area contributed by atoms with Crippen molar-refractivity contribution >= 4 is 23.1 Å². The summed E-state index contributed by atoms with van der Waals surface area (Å²) in [5, 5.41) is 9.10. The minimum atomic E-state index is -0.392. The van der Waals surface area contributed by atoms with Crippen molar-refractivity contribution in [3.63, 3.8) is 0 Å². The SMILES string of the molecule is CCN(Cc1ccccc1)C1=C(c2ccc(OC)cc2)C(=O)N(c2ccc(C#N)cc2)C1=O. The number of nitriles is 1. The van der Waals surface area contributed by atoms with E-state index in [9.17, 15) is 9.59 Å². The molecule has 0 unspecified atom stereocenters. The molecule has 1 aliphatic rings. The third-order valence-electron chi connectivity index (χ3n) is 5.61. The summed E-state index contributed by atoms with van der Waals surface area (Å²) in [6, 6.07) is 25.5. The van der Waals surface area contributed by atoms with Gasteiger partial charge < -0.3 is 9.64 Å². The van der Waals surface area contributed by atoms with Crippen LogP contribution in [0.5, 0.6) is 5.75 Å². The molecule has 0 aliphatic carbocycles. The van der Waals surface area contributed by atoms with Gasteiger partial charge in [-0.1, -0.05) is 42.5 Å². The van der Waals surface area contributed by atoms with Crippen molar-refractivity contribution in [3.05, 3.63) is 101 Å². The van der Waals surface area contributed by atoms with Crippen molar-refractivity contribution in [3.8, 4) is 11.8 Å². The zero-order chi connectivity index (χ0) is 23.4. The van der Waals surface area contributed by atoms with Gasteiger partial charge >= 0.3 is 0 Å². The van der Waals surface area contributed by atoms with Crippen LogP contribution < -0.4 is 9.64 Å². The van der Waals surface area contributed by atoms with Crippen molar-refractivity contribution in [1.82, 2.24) is 4.90 Å². The highest BCUT2D eigenvalue weighted by Crippen LogP contribution is 2.36. The summed E-state index contributed by atoms with van der Waals surface area (Å²) in [7, 11) is 1.58. The minimum absolute atomic E-state index is 0.352. The molecule has 0 N–H and O–H groups in total. The number of methoxy groups -OCH3 is 1. The molecular formula is C27H23N3O3. The van der Waals surface area contributed by atoms with E-state index >= 15 is 0 Å². The number of likely N-dealkylation sites (N-methyl/N-ethyl adjacent to an activating group) is 1. The lowest BCUT2D eigenvalue weighted by Gasteiger charge is -2.25. The monoisotopic (exact) mass is 437 g/mol. The molecule has 1 heterocycles. The lowest BCUT2D eigenvalue weighted by atomic mass is 10.0. The van der Waals surface area contributed by atoms with Crippen LogP contribution in [0.1, 0.15) is 23.6 Å². The summed E-state index contributed by atoms with van der Waals surface area (Å²) >= 11 is 0. The van der Waals surface area contributed by atoms with Crippen LogP contribution in [0.25, 0.3) is 5.57 Å². The van der Waals surface area contributed by atoms with Gasteiger partial charge in [-0.15, -0.1) is 0 Å². The molecule has 164 valence electrons. The van der Waals surface area contributed by atoms with Crippen LogP contribution >= 0.6 is 0 Å². The summed E-state index contributed by atoms with van der Waals surface area (Å²) in [5.74, 6) is -0.108. The van der Waals surface area contributed by atoms with E-state index in [4.69, 9.17) is 10.00 Å². The number of benzene rings is 3.